The first-order chi connectivity index (χ1) is 14.2. The first-order valence-electron chi connectivity index (χ1n) is 11.1. The van der Waals surface area contributed by atoms with Gasteiger partial charge in [0.1, 0.15) is 0 Å². The number of ether oxygens (including phenoxy) is 2. The Hall–Kier alpha value is -2.04. The fourth-order valence-electron chi connectivity index (χ4n) is 5.39. The molecule has 1 aliphatic carbocycles. The van der Waals surface area contributed by atoms with Crippen LogP contribution < -0.4 is 9.47 Å². The molecule has 0 aromatic heterocycles. The van der Waals surface area contributed by atoms with Crippen LogP contribution in [0, 0.1) is 5.92 Å². The third-order valence-corrected chi connectivity index (χ3v) is 7.22. The van der Waals surface area contributed by atoms with E-state index in [-0.39, 0.29) is 6.79 Å². The zero-order chi connectivity index (χ0) is 19.7. The van der Waals surface area contributed by atoms with Crippen LogP contribution in [-0.2, 0) is 12.0 Å². The van der Waals surface area contributed by atoms with Crippen LogP contribution in [0.2, 0.25) is 0 Å². The summed E-state index contributed by atoms with van der Waals surface area (Å²) in [4.78, 5) is 2.68. The van der Waals surface area contributed by atoms with E-state index in [0.717, 1.165) is 48.7 Å². The number of hydrogen-bond acceptors (Lipinski definition) is 4. The Balaban J connectivity index is 1.14. The van der Waals surface area contributed by atoms with E-state index in [0.29, 0.717) is 6.04 Å². The molecule has 4 nitrogen and oxygen atoms in total. The summed E-state index contributed by atoms with van der Waals surface area (Å²) in [5.74, 6) is 2.35. The van der Waals surface area contributed by atoms with Gasteiger partial charge in [0.25, 0.3) is 0 Å². The van der Waals surface area contributed by atoms with Crippen LogP contribution in [0.1, 0.15) is 49.7 Å². The summed E-state index contributed by atoms with van der Waals surface area (Å²) in [6.45, 7) is 2.68. The first kappa shape index (κ1) is 19.0. The predicted molar refractivity (Wildman–Crippen MR) is 113 cm³/mol. The molecule has 0 radical (unpaired) electrons. The topological polar surface area (TPSA) is 41.9 Å². The van der Waals surface area contributed by atoms with Crippen LogP contribution in [0.3, 0.4) is 0 Å². The van der Waals surface area contributed by atoms with E-state index in [9.17, 15) is 5.11 Å². The van der Waals surface area contributed by atoms with Crippen molar-refractivity contribution in [3.8, 4) is 11.5 Å². The number of likely N-dealkylation sites (tertiary alicyclic amines) is 1. The highest BCUT2D eigenvalue weighted by molar-refractivity contribution is 5.46. The van der Waals surface area contributed by atoms with Crippen LogP contribution in [0.4, 0.5) is 0 Å². The van der Waals surface area contributed by atoms with Crippen molar-refractivity contribution < 1.29 is 14.6 Å². The molecule has 1 saturated carbocycles. The minimum atomic E-state index is -0.733. The van der Waals surface area contributed by atoms with E-state index in [4.69, 9.17) is 9.47 Å². The van der Waals surface area contributed by atoms with Crippen molar-refractivity contribution in [2.75, 3.05) is 19.9 Å². The Bertz CT molecular complexity index is 821. The summed E-state index contributed by atoms with van der Waals surface area (Å²) < 4.78 is 10.9. The molecular weight excluding hydrogens is 362 g/mol. The molecule has 0 atom stereocenters. The zero-order valence-corrected chi connectivity index (χ0v) is 17.1. The number of fused-ring (bicyclic) bond motifs is 1. The maximum atomic E-state index is 11.3. The van der Waals surface area contributed by atoms with Crippen LogP contribution >= 0.6 is 0 Å². The molecule has 1 saturated heterocycles. The molecule has 154 valence electrons. The van der Waals surface area contributed by atoms with Crippen molar-refractivity contribution in [1.29, 1.82) is 0 Å². The maximum absolute atomic E-state index is 11.3. The summed E-state index contributed by atoms with van der Waals surface area (Å²) in [6.07, 6.45) is 7.56. The van der Waals surface area contributed by atoms with Gasteiger partial charge in [0, 0.05) is 6.04 Å². The van der Waals surface area contributed by atoms with Crippen LogP contribution in [0.15, 0.2) is 48.5 Å². The van der Waals surface area contributed by atoms with Gasteiger partial charge in [0.15, 0.2) is 11.5 Å². The number of rotatable bonds is 4. The van der Waals surface area contributed by atoms with Gasteiger partial charge in [-0.25, -0.2) is 0 Å². The van der Waals surface area contributed by atoms with Crippen LogP contribution in [0.25, 0.3) is 0 Å². The van der Waals surface area contributed by atoms with Crippen molar-refractivity contribution in [2.45, 2.75) is 56.6 Å². The Labute approximate surface area is 173 Å². The Morgan fingerprint density at radius 1 is 0.897 bits per heavy atom. The van der Waals surface area contributed by atoms with E-state index in [1.54, 1.807) is 0 Å². The number of hydrogen-bond donors (Lipinski definition) is 1. The third-order valence-electron chi connectivity index (χ3n) is 7.22. The third kappa shape index (κ3) is 4.01. The molecule has 1 N–H and O–H groups in total. The van der Waals surface area contributed by atoms with Crippen LogP contribution in [-0.4, -0.2) is 35.9 Å². The van der Waals surface area contributed by atoms with Gasteiger partial charge in [-0.15, -0.1) is 0 Å². The van der Waals surface area contributed by atoms with Gasteiger partial charge < -0.3 is 19.5 Å². The summed E-state index contributed by atoms with van der Waals surface area (Å²) in [7, 11) is 0. The van der Waals surface area contributed by atoms with Gasteiger partial charge in [-0.05, 0) is 87.2 Å². The molecular formula is C25H31NO3. The SMILES string of the molecule is OC1(c2ccc3c(c2)OCO3)CCC(N2CCC(Cc3ccccc3)CC2)CC1. The molecule has 4 heteroatoms. The molecule has 0 spiro atoms. The monoisotopic (exact) mass is 393 g/mol. The second kappa shape index (κ2) is 8.00. The van der Waals surface area contributed by atoms with Gasteiger partial charge in [0.2, 0.25) is 6.79 Å². The second-order valence-corrected chi connectivity index (χ2v) is 9.00. The van der Waals surface area contributed by atoms with E-state index in [2.05, 4.69) is 35.2 Å². The molecule has 2 heterocycles. The fourth-order valence-corrected chi connectivity index (χ4v) is 5.39. The standard InChI is InChI=1S/C25H31NO3/c27-25(21-6-7-23-24(17-21)29-18-28-23)12-8-22(9-13-25)26-14-10-20(11-15-26)16-19-4-2-1-3-5-19/h1-7,17,20,22,27H,8-16,18H2. The quantitative estimate of drug-likeness (QED) is 0.830. The maximum Gasteiger partial charge on any atom is 0.231 e. The van der Waals surface area contributed by atoms with E-state index in [1.807, 2.05) is 18.2 Å². The molecule has 5 rings (SSSR count). The minimum Gasteiger partial charge on any atom is -0.454 e. The zero-order valence-electron chi connectivity index (χ0n) is 17.1. The summed E-state index contributed by atoms with van der Waals surface area (Å²) in [5, 5.41) is 11.3. The molecule has 0 bridgehead atoms. The highest BCUT2D eigenvalue weighted by atomic mass is 16.7. The number of nitrogens with zero attached hydrogens (tertiary/aromatic N) is 1. The molecule has 2 fully saturated rings. The van der Waals surface area contributed by atoms with Crippen molar-refractivity contribution in [3.63, 3.8) is 0 Å². The largest absolute Gasteiger partial charge is 0.454 e. The lowest BCUT2D eigenvalue weighted by molar-refractivity contribution is -0.0296. The Morgan fingerprint density at radius 3 is 2.38 bits per heavy atom. The molecule has 2 aromatic rings. The van der Waals surface area contributed by atoms with Crippen molar-refractivity contribution >= 4 is 0 Å². The normalized spacial score (nSPS) is 27.8. The van der Waals surface area contributed by atoms with Gasteiger partial charge in [-0.2, -0.15) is 0 Å². The predicted octanol–water partition coefficient (Wildman–Crippen LogP) is 4.50. The summed E-state index contributed by atoms with van der Waals surface area (Å²) in [5.41, 5.74) is 1.71. The molecule has 2 aromatic carbocycles. The van der Waals surface area contributed by atoms with Crippen molar-refractivity contribution in [3.05, 3.63) is 59.7 Å². The van der Waals surface area contributed by atoms with Gasteiger partial charge in [-0.3, -0.25) is 0 Å². The van der Waals surface area contributed by atoms with E-state index >= 15 is 0 Å². The molecule has 0 amide bonds. The molecule has 2 aliphatic heterocycles. The van der Waals surface area contributed by atoms with Gasteiger partial charge in [0.05, 0.1) is 5.60 Å². The molecule has 0 unspecified atom stereocenters. The van der Waals surface area contributed by atoms with Gasteiger partial charge in [-0.1, -0.05) is 36.4 Å². The lowest BCUT2D eigenvalue weighted by atomic mass is 9.76. The van der Waals surface area contributed by atoms with Gasteiger partial charge >= 0.3 is 0 Å². The average Bonchev–Trinajstić information content (AvgIpc) is 3.24. The first-order valence-corrected chi connectivity index (χ1v) is 11.1. The number of aliphatic hydroxyl groups is 1. The summed E-state index contributed by atoms with van der Waals surface area (Å²) in [6, 6.07) is 17.4. The smallest absolute Gasteiger partial charge is 0.231 e. The number of benzene rings is 2. The Kier molecular flexibility index (Phi) is 5.23. The van der Waals surface area contributed by atoms with E-state index < -0.39 is 5.60 Å². The lowest BCUT2D eigenvalue weighted by Crippen LogP contribution is -2.46. The van der Waals surface area contributed by atoms with Crippen molar-refractivity contribution in [1.82, 2.24) is 4.90 Å². The number of piperidine rings is 1. The Morgan fingerprint density at radius 2 is 1.62 bits per heavy atom. The highest BCUT2D eigenvalue weighted by Crippen LogP contribution is 2.43. The van der Waals surface area contributed by atoms with E-state index in [1.165, 1.54) is 37.9 Å². The highest BCUT2D eigenvalue weighted by Gasteiger charge is 2.38. The molecule has 29 heavy (non-hydrogen) atoms. The fraction of sp³-hybridized carbons (Fsp3) is 0.520. The van der Waals surface area contributed by atoms with Crippen molar-refractivity contribution in [2.24, 2.45) is 5.92 Å². The average molecular weight is 394 g/mol. The second-order valence-electron chi connectivity index (χ2n) is 9.00. The summed E-state index contributed by atoms with van der Waals surface area (Å²) >= 11 is 0. The van der Waals surface area contributed by atoms with Crippen LogP contribution in [0.5, 0.6) is 11.5 Å². The molecule has 3 aliphatic rings. The lowest BCUT2D eigenvalue weighted by Gasteiger charge is -2.43. The minimum absolute atomic E-state index is 0.277.